The van der Waals surface area contributed by atoms with Crippen molar-refractivity contribution in [2.75, 3.05) is 13.1 Å². The lowest BCUT2D eigenvalue weighted by molar-refractivity contribution is 0.0719. The molecule has 1 saturated heterocycles. The fourth-order valence-electron chi connectivity index (χ4n) is 2.15. The molecular formula is C12H12ClF2NO3S. The number of amides is 1. The van der Waals surface area contributed by atoms with Gasteiger partial charge in [0.1, 0.15) is 16.5 Å². The standard InChI is InChI=1S/C12H12ClF2NO3S/c13-20(18,19)11-6-8(9(14)7-10(11)15)12(17)16-4-2-1-3-5-16/h6-7H,1-5H2. The summed E-state index contributed by atoms with van der Waals surface area (Å²) in [5, 5.41) is 0. The molecule has 1 fully saturated rings. The van der Waals surface area contributed by atoms with Crippen LogP contribution < -0.4 is 0 Å². The maximum atomic E-state index is 13.7. The lowest BCUT2D eigenvalue weighted by atomic mass is 10.1. The summed E-state index contributed by atoms with van der Waals surface area (Å²) in [7, 11) is 0.686. The Kier molecular flexibility index (Phi) is 4.29. The average Bonchev–Trinajstić information content (AvgIpc) is 2.37. The Balaban J connectivity index is 2.43. The predicted molar refractivity (Wildman–Crippen MR) is 69.2 cm³/mol. The largest absolute Gasteiger partial charge is 0.339 e. The lowest BCUT2D eigenvalue weighted by Gasteiger charge is -2.27. The first-order valence-electron chi connectivity index (χ1n) is 6.03. The highest BCUT2D eigenvalue weighted by Gasteiger charge is 2.26. The van der Waals surface area contributed by atoms with Crippen LogP contribution in [0.2, 0.25) is 0 Å². The van der Waals surface area contributed by atoms with Crippen LogP contribution >= 0.6 is 10.7 Å². The van der Waals surface area contributed by atoms with E-state index >= 15 is 0 Å². The number of rotatable bonds is 2. The van der Waals surface area contributed by atoms with Gasteiger partial charge in [-0.2, -0.15) is 0 Å². The molecule has 20 heavy (non-hydrogen) atoms. The maximum absolute atomic E-state index is 13.7. The Labute approximate surface area is 119 Å². The van der Waals surface area contributed by atoms with E-state index in [1.165, 1.54) is 4.90 Å². The van der Waals surface area contributed by atoms with Crippen molar-refractivity contribution in [1.82, 2.24) is 4.90 Å². The Hall–Kier alpha value is -1.21. The molecule has 1 amide bonds. The molecule has 1 aromatic rings. The molecule has 1 aliphatic rings. The van der Waals surface area contributed by atoms with Gasteiger partial charge in [0.15, 0.2) is 0 Å². The van der Waals surface area contributed by atoms with Crippen molar-refractivity contribution < 1.29 is 22.0 Å². The molecule has 0 radical (unpaired) electrons. The number of halogens is 3. The van der Waals surface area contributed by atoms with Gasteiger partial charge in [0.2, 0.25) is 0 Å². The summed E-state index contributed by atoms with van der Waals surface area (Å²) in [4.78, 5) is 12.7. The minimum Gasteiger partial charge on any atom is -0.339 e. The van der Waals surface area contributed by atoms with E-state index in [0.29, 0.717) is 25.2 Å². The number of nitrogens with zero attached hydrogens (tertiary/aromatic N) is 1. The first-order chi connectivity index (χ1) is 9.30. The van der Waals surface area contributed by atoms with Gasteiger partial charge < -0.3 is 4.90 Å². The molecule has 2 rings (SSSR count). The highest BCUT2D eigenvalue weighted by Crippen LogP contribution is 2.24. The molecular weight excluding hydrogens is 312 g/mol. The molecule has 0 aromatic heterocycles. The van der Waals surface area contributed by atoms with Crippen molar-refractivity contribution >= 4 is 25.6 Å². The second-order valence-electron chi connectivity index (χ2n) is 4.55. The summed E-state index contributed by atoms with van der Waals surface area (Å²) in [6, 6.07) is 1.02. The smallest absolute Gasteiger partial charge is 0.264 e. The van der Waals surface area contributed by atoms with Crippen LogP contribution in [-0.2, 0) is 9.05 Å². The Morgan fingerprint density at radius 3 is 2.25 bits per heavy atom. The van der Waals surface area contributed by atoms with Gasteiger partial charge in [-0.25, -0.2) is 17.2 Å². The van der Waals surface area contributed by atoms with E-state index in [0.717, 1.165) is 19.3 Å². The van der Waals surface area contributed by atoms with Gasteiger partial charge in [0, 0.05) is 29.8 Å². The van der Waals surface area contributed by atoms with Crippen LogP contribution in [0.3, 0.4) is 0 Å². The molecule has 0 bridgehead atoms. The van der Waals surface area contributed by atoms with Gasteiger partial charge in [-0.15, -0.1) is 0 Å². The number of likely N-dealkylation sites (tertiary alicyclic amines) is 1. The number of carbonyl (C=O) groups is 1. The quantitative estimate of drug-likeness (QED) is 0.786. The van der Waals surface area contributed by atoms with Crippen LogP contribution in [0.4, 0.5) is 8.78 Å². The monoisotopic (exact) mass is 323 g/mol. The summed E-state index contributed by atoms with van der Waals surface area (Å²) < 4.78 is 49.5. The third-order valence-corrected chi connectivity index (χ3v) is 4.49. The van der Waals surface area contributed by atoms with E-state index in [2.05, 4.69) is 0 Å². The molecule has 0 unspecified atom stereocenters. The molecule has 110 valence electrons. The van der Waals surface area contributed by atoms with E-state index < -0.39 is 37.1 Å². The van der Waals surface area contributed by atoms with Crippen LogP contribution in [0.15, 0.2) is 17.0 Å². The van der Waals surface area contributed by atoms with E-state index in [1.807, 2.05) is 0 Å². The summed E-state index contributed by atoms with van der Waals surface area (Å²) >= 11 is 0. The molecule has 0 N–H and O–H groups in total. The van der Waals surface area contributed by atoms with Gasteiger partial charge >= 0.3 is 0 Å². The number of hydrogen-bond acceptors (Lipinski definition) is 3. The number of benzene rings is 1. The molecule has 8 heteroatoms. The number of hydrogen-bond donors (Lipinski definition) is 0. The Morgan fingerprint density at radius 1 is 1.10 bits per heavy atom. The molecule has 0 aliphatic carbocycles. The molecule has 0 atom stereocenters. The molecule has 0 spiro atoms. The van der Waals surface area contributed by atoms with Gasteiger partial charge in [0.05, 0.1) is 5.56 Å². The van der Waals surface area contributed by atoms with Gasteiger partial charge in [0.25, 0.3) is 15.0 Å². The fraction of sp³-hybridized carbons (Fsp3) is 0.417. The SMILES string of the molecule is O=C(c1cc(S(=O)(=O)Cl)c(F)cc1F)N1CCCCC1. The van der Waals surface area contributed by atoms with Crippen LogP contribution in [0.5, 0.6) is 0 Å². The van der Waals surface area contributed by atoms with E-state index in [1.54, 1.807) is 0 Å². The van der Waals surface area contributed by atoms with Crippen molar-refractivity contribution in [2.45, 2.75) is 24.2 Å². The summed E-state index contributed by atoms with van der Waals surface area (Å²) in [6.07, 6.45) is 2.58. The first-order valence-corrected chi connectivity index (χ1v) is 8.34. The normalized spacial score (nSPS) is 16.2. The minimum absolute atomic E-state index is 0.368. The van der Waals surface area contributed by atoms with E-state index in [-0.39, 0.29) is 0 Å². The second-order valence-corrected chi connectivity index (χ2v) is 7.09. The summed E-state index contributed by atoms with van der Waals surface area (Å²) in [6.45, 7) is 0.942. The summed E-state index contributed by atoms with van der Waals surface area (Å²) in [5.74, 6) is -3.06. The molecule has 1 heterocycles. The predicted octanol–water partition coefficient (Wildman–Crippen LogP) is 2.52. The van der Waals surface area contributed by atoms with Gasteiger partial charge in [-0.05, 0) is 25.3 Å². The summed E-state index contributed by atoms with van der Waals surface area (Å²) in [5.41, 5.74) is -0.479. The lowest BCUT2D eigenvalue weighted by Crippen LogP contribution is -2.36. The molecule has 0 saturated carbocycles. The highest BCUT2D eigenvalue weighted by molar-refractivity contribution is 8.13. The fourth-order valence-corrected chi connectivity index (χ4v) is 3.05. The molecule has 1 aliphatic heterocycles. The van der Waals surface area contributed by atoms with Gasteiger partial charge in [-0.1, -0.05) is 0 Å². The van der Waals surface area contributed by atoms with E-state index in [4.69, 9.17) is 10.7 Å². The second kappa shape index (κ2) is 5.65. The third-order valence-electron chi connectivity index (χ3n) is 3.16. The maximum Gasteiger partial charge on any atom is 0.264 e. The third kappa shape index (κ3) is 3.09. The number of carbonyl (C=O) groups excluding carboxylic acids is 1. The molecule has 4 nitrogen and oxygen atoms in total. The molecule has 1 aromatic carbocycles. The Bertz CT molecular complexity index is 642. The van der Waals surface area contributed by atoms with Crippen LogP contribution in [0, 0.1) is 11.6 Å². The Morgan fingerprint density at radius 2 is 1.70 bits per heavy atom. The van der Waals surface area contributed by atoms with Crippen LogP contribution in [-0.4, -0.2) is 32.3 Å². The average molecular weight is 324 g/mol. The zero-order valence-electron chi connectivity index (χ0n) is 10.4. The van der Waals surface area contributed by atoms with Crippen molar-refractivity contribution in [3.8, 4) is 0 Å². The number of piperidine rings is 1. The van der Waals surface area contributed by atoms with Crippen LogP contribution in [0.25, 0.3) is 0 Å². The van der Waals surface area contributed by atoms with Crippen molar-refractivity contribution in [1.29, 1.82) is 0 Å². The van der Waals surface area contributed by atoms with Crippen molar-refractivity contribution in [3.63, 3.8) is 0 Å². The topological polar surface area (TPSA) is 54.5 Å². The van der Waals surface area contributed by atoms with Gasteiger partial charge in [-0.3, -0.25) is 4.79 Å². The zero-order chi connectivity index (χ0) is 14.9. The minimum atomic E-state index is -4.38. The van der Waals surface area contributed by atoms with Crippen LogP contribution in [0.1, 0.15) is 29.6 Å². The zero-order valence-corrected chi connectivity index (χ0v) is 12.0. The first kappa shape index (κ1) is 15.2. The van der Waals surface area contributed by atoms with E-state index in [9.17, 15) is 22.0 Å². The van der Waals surface area contributed by atoms with Crippen molar-refractivity contribution in [2.24, 2.45) is 0 Å². The highest BCUT2D eigenvalue weighted by atomic mass is 35.7. The van der Waals surface area contributed by atoms with Crippen molar-refractivity contribution in [3.05, 3.63) is 29.3 Å².